The van der Waals surface area contributed by atoms with E-state index in [1.54, 1.807) is 7.11 Å². The third-order valence-corrected chi connectivity index (χ3v) is 2.11. The molecule has 1 N–H and O–H groups in total. The number of nitrogens with zero attached hydrogens (tertiary/aromatic N) is 2. The Bertz CT molecular complexity index is 359. The number of aromatic nitrogens is 2. The molecule has 0 aliphatic heterocycles. The molecule has 4 nitrogen and oxygen atoms in total. The fourth-order valence-electron chi connectivity index (χ4n) is 1.44. The molecule has 0 fully saturated rings. The first-order chi connectivity index (χ1) is 7.67. The molecule has 1 unspecified atom stereocenters. The normalized spacial score (nSPS) is 12.0. The van der Waals surface area contributed by atoms with E-state index in [1.807, 2.05) is 6.07 Å². The van der Waals surface area contributed by atoms with Crippen LogP contribution in [0.15, 0.2) is 24.0 Å². The third kappa shape index (κ3) is 3.62. The summed E-state index contributed by atoms with van der Waals surface area (Å²) in [4.78, 5) is 8.26. The molecule has 0 aliphatic rings. The predicted octanol–water partition coefficient (Wildman–Crippen LogP) is 2.10. The Hall–Kier alpha value is -1.42. The Labute approximate surface area is 96.8 Å². The molecule has 16 heavy (non-hydrogen) atoms. The standard InChI is InChI=1S/C12H19N3O/c1-5-13-10(6-9(2)3)11-7-12(16-4)15-8-14-11/h6-8,10,13H,5H2,1-4H3. The second kappa shape index (κ2) is 6.23. The minimum absolute atomic E-state index is 0.117. The van der Waals surface area contributed by atoms with Gasteiger partial charge in [0, 0.05) is 6.07 Å². The summed E-state index contributed by atoms with van der Waals surface area (Å²) in [5, 5.41) is 3.36. The molecule has 0 saturated carbocycles. The molecule has 88 valence electrons. The highest BCUT2D eigenvalue weighted by Gasteiger charge is 2.09. The first-order valence-electron chi connectivity index (χ1n) is 5.41. The van der Waals surface area contributed by atoms with Gasteiger partial charge in [0.05, 0.1) is 18.8 Å². The molecule has 1 rings (SSSR count). The molecule has 0 aliphatic carbocycles. The predicted molar refractivity (Wildman–Crippen MR) is 64.4 cm³/mol. The van der Waals surface area contributed by atoms with Crippen LogP contribution in [0.2, 0.25) is 0 Å². The molecule has 0 spiro atoms. The van der Waals surface area contributed by atoms with Crippen LogP contribution in [0, 0.1) is 0 Å². The maximum absolute atomic E-state index is 5.09. The summed E-state index contributed by atoms with van der Waals surface area (Å²) in [6, 6.07) is 1.97. The van der Waals surface area contributed by atoms with E-state index in [4.69, 9.17) is 4.74 Å². The summed E-state index contributed by atoms with van der Waals surface area (Å²) in [6.45, 7) is 7.11. The van der Waals surface area contributed by atoms with Crippen LogP contribution in [0.1, 0.15) is 32.5 Å². The monoisotopic (exact) mass is 221 g/mol. The number of nitrogens with one attached hydrogen (secondary N) is 1. The number of hydrogen-bond donors (Lipinski definition) is 1. The molecule has 0 aromatic carbocycles. The number of hydrogen-bond acceptors (Lipinski definition) is 4. The third-order valence-electron chi connectivity index (χ3n) is 2.11. The lowest BCUT2D eigenvalue weighted by Gasteiger charge is -2.14. The number of methoxy groups -OCH3 is 1. The van der Waals surface area contributed by atoms with Crippen molar-refractivity contribution in [2.45, 2.75) is 26.8 Å². The average molecular weight is 221 g/mol. The molecule has 1 aromatic rings. The van der Waals surface area contributed by atoms with Crippen LogP contribution in [0.25, 0.3) is 0 Å². The molecule has 0 saturated heterocycles. The van der Waals surface area contributed by atoms with Gasteiger partial charge in [-0.1, -0.05) is 18.6 Å². The van der Waals surface area contributed by atoms with E-state index in [1.165, 1.54) is 11.9 Å². The van der Waals surface area contributed by atoms with Gasteiger partial charge in [-0.05, 0) is 20.4 Å². The smallest absolute Gasteiger partial charge is 0.216 e. The summed E-state index contributed by atoms with van der Waals surface area (Å²) >= 11 is 0. The van der Waals surface area contributed by atoms with E-state index in [-0.39, 0.29) is 6.04 Å². The summed E-state index contributed by atoms with van der Waals surface area (Å²) in [5.41, 5.74) is 2.18. The van der Waals surface area contributed by atoms with Crippen molar-refractivity contribution in [1.29, 1.82) is 0 Å². The Morgan fingerprint density at radius 3 is 2.81 bits per heavy atom. The highest BCUT2D eigenvalue weighted by atomic mass is 16.5. The Morgan fingerprint density at radius 2 is 2.25 bits per heavy atom. The molecule has 1 atom stereocenters. The first kappa shape index (κ1) is 12.6. The maximum atomic E-state index is 5.09. The Kier molecular flexibility index (Phi) is 4.92. The zero-order valence-electron chi connectivity index (χ0n) is 10.3. The quantitative estimate of drug-likeness (QED) is 0.773. The fraction of sp³-hybridized carbons (Fsp3) is 0.500. The van der Waals surface area contributed by atoms with Gasteiger partial charge in [-0.15, -0.1) is 0 Å². The average Bonchev–Trinajstić information content (AvgIpc) is 2.28. The van der Waals surface area contributed by atoms with Gasteiger partial charge in [-0.25, -0.2) is 9.97 Å². The molecule has 1 heterocycles. The van der Waals surface area contributed by atoms with Gasteiger partial charge in [0.25, 0.3) is 0 Å². The number of rotatable bonds is 5. The number of ether oxygens (including phenoxy) is 1. The molecule has 1 aromatic heterocycles. The molecule has 4 heteroatoms. The van der Waals surface area contributed by atoms with Crippen LogP contribution in [-0.4, -0.2) is 23.6 Å². The van der Waals surface area contributed by atoms with E-state index in [0.717, 1.165) is 12.2 Å². The van der Waals surface area contributed by atoms with Gasteiger partial charge >= 0.3 is 0 Å². The van der Waals surface area contributed by atoms with Gasteiger partial charge in [-0.3, -0.25) is 0 Å². The van der Waals surface area contributed by atoms with Crippen LogP contribution in [0.3, 0.4) is 0 Å². The van der Waals surface area contributed by atoms with Crippen LogP contribution >= 0.6 is 0 Å². The zero-order valence-corrected chi connectivity index (χ0v) is 10.3. The van der Waals surface area contributed by atoms with Crippen molar-refractivity contribution in [2.24, 2.45) is 0 Å². The van der Waals surface area contributed by atoms with E-state index in [0.29, 0.717) is 5.88 Å². The lowest BCUT2D eigenvalue weighted by molar-refractivity contribution is 0.395. The second-order valence-electron chi connectivity index (χ2n) is 3.76. The summed E-state index contributed by atoms with van der Waals surface area (Å²) in [5.74, 6) is 0.593. The highest BCUT2D eigenvalue weighted by molar-refractivity contribution is 5.21. The van der Waals surface area contributed by atoms with Crippen LogP contribution < -0.4 is 10.1 Å². The minimum Gasteiger partial charge on any atom is -0.481 e. The Balaban J connectivity index is 2.95. The number of likely N-dealkylation sites (N-methyl/N-ethyl adjacent to an activating group) is 1. The highest BCUT2D eigenvalue weighted by Crippen LogP contribution is 2.16. The summed E-state index contributed by atoms with van der Waals surface area (Å²) < 4.78 is 5.09. The van der Waals surface area contributed by atoms with Crippen molar-refractivity contribution in [1.82, 2.24) is 15.3 Å². The van der Waals surface area contributed by atoms with Gasteiger partial charge in [0.2, 0.25) is 5.88 Å². The van der Waals surface area contributed by atoms with Crippen molar-refractivity contribution in [3.63, 3.8) is 0 Å². The SMILES string of the molecule is CCNC(C=C(C)C)c1cc(OC)ncn1. The molecular formula is C12H19N3O. The molecular weight excluding hydrogens is 202 g/mol. The van der Waals surface area contributed by atoms with E-state index < -0.39 is 0 Å². The van der Waals surface area contributed by atoms with Gasteiger partial charge < -0.3 is 10.1 Å². The first-order valence-corrected chi connectivity index (χ1v) is 5.41. The van der Waals surface area contributed by atoms with Crippen molar-refractivity contribution >= 4 is 0 Å². The van der Waals surface area contributed by atoms with Gasteiger partial charge in [0.15, 0.2) is 0 Å². The van der Waals surface area contributed by atoms with E-state index in [9.17, 15) is 0 Å². The fourth-order valence-corrected chi connectivity index (χ4v) is 1.44. The maximum Gasteiger partial charge on any atom is 0.216 e. The van der Waals surface area contributed by atoms with Crippen LogP contribution in [-0.2, 0) is 0 Å². The van der Waals surface area contributed by atoms with E-state index >= 15 is 0 Å². The lowest BCUT2D eigenvalue weighted by atomic mass is 10.1. The van der Waals surface area contributed by atoms with Gasteiger partial charge in [-0.2, -0.15) is 0 Å². The van der Waals surface area contributed by atoms with Crippen molar-refractivity contribution in [3.8, 4) is 5.88 Å². The number of allylic oxidation sites excluding steroid dienone is 1. The Morgan fingerprint density at radius 1 is 1.50 bits per heavy atom. The second-order valence-corrected chi connectivity index (χ2v) is 3.76. The lowest BCUT2D eigenvalue weighted by Crippen LogP contribution is -2.20. The van der Waals surface area contributed by atoms with E-state index in [2.05, 4.69) is 42.1 Å². The summed E-state index contributed by atoms with van der Waals surface area (Å²) in [7, 11) is 1.61. The topological polar surface area (TPSA) is 47.0 Å². The van der Waals surface area contributed by atoms with Crippen LogP contribution in [0.5, 0.6) is 5.88 Å². The molecule has 0 bridgehead atoms. The van der Waals surface area contributed by atoms with Gasteiger partial charge in [0.1, 0.15) is 6.33 Å². The molecule has 0 amide bonds. The zero-order chi connectivity index (χ0) is 12.0. The minimum atomic E-state index is 0.117. The summed E-state index contributed by atoms with van der Waals surface area (Å²) in [6.07, 6.45) is 3.67. The van der Waals surface area contributed by atoms with Crippen molar-refractivity contribution in [3.05, 3.63) is 29.7 Å². The largest absolute Gasteiger partial charge is 0.481 e. The van der Waals surface area contributed by atoms with Crippen LogP contribution in [0.4, 0.5) is 0 Å². The molecule has 0 radical (unpaired) electrons. The van der Waals surface area contributed by atoms with Crippen molar-refractivity contribution in [2.75, 3.05) is 13.7 Å². The van der Waals surface area contributed by atoms with Crippen molar-refractivity contribution < 1.29 is 4.74 Å².